The topological polar surface area (TPSA) is 78.0 Å². The molecule has 1 aliphatic carbocycles. The van der Waals surface area contributed by atoms with Gasteiger partial charge in [-0.3, -0.25) is 0 Å². The number of piperidine rings is 1. The SMILES string of the molecule is C#N.C=C/C(NC(=C1CC1)c1nc(-c2c(F)cccc2F)c(F)cc1N)=C(\C=C/C)N1CCCCC1.CC. The Morgan fingerprint density at radius 3 is 2.21 bits per heavy atom. The highest BCUT2D eigenvalue weighted by atomic mass is 19.1. The summed E-state index contributed by atoms with van der Waals surface area (Å²) in [6.07, 6.45) is 10.8. The van der Waals surface area contributed by atoms with Crippen molar-refractivity contribution in [1.82, 2.24) is 15.2 Å². The zero-order chi connectivity index (χ0) is 28.2. The second-order valence-electron chi connectivity index (χ2n) is 8.51. The van der Waals surface area contributed by atoms with Crippen molar-refractivity contribution in [2.24, 2.45) is 0 Å². The fraction of sp³-hybridized carbons (Fsp3) is 0.333. The maximum atomic E-state index is 14.8. The van der Waals surface area contributed by atoms with Gasteiger partial charge in [-0.2, -0.15) is 0 Å². The van der Waals surface area contributed by atoms with Crippen LogP contribution in [0.5, 0.6) is 0 Å². The minimum absolute atomic E-state index is 0.0915. The van der Waals surface area contributed by atoms with Gasteiger partial charge in [-0.25, -0.2) is 23.4 Å². The Labute approximate surface area is 223 Å². The Morgan fingerprint density at radius 2 is 1.68 bits per heavy atom. The first-order valence-corrected chi connectivity index (χ1v) is 12.8. The molecule has 1 saturated carbocycles. The Hall–Kier alpha value is -3.99. The van der Waals surface area contributed by atoms with Crippen LogP contribution in [0.4, 0.5) is 18.9 Å². The molecule has 0 spiro atoms. The van der Waals surface area contributed by atoms with Crippen LogP contribution in [0.3, 0.4) is 0 Å². The first-order valence-electron chi connectivity index (χ1n) is 12.8. The van der Waals surface area contributed by atoms with Crippen molar-refractivity contribution in [3.63, 3.8) is 0 Å². The van der Waals surface area contributed by atoms with Gasteiger partial charge >= 0.3 is 0 Å². The summed E-state index contributed by atoms with van der Waals surface area (Å²) in [7, 11) is 0. The number of hydrogen-bond donors (Lipinski definition) is 2. The van der Waals surface area contributed by atoms with Crippen molar-refractivity contribution in [2.45, 2.75) is 52.9 Å². The van der Waals surface area contributed by atoms with Gasteiger partial charge in [0.25, 0.3) is 0 Å². The standard InChI is InChI=1S/C27H29F3N4.C2H6.CHN/c1-3-9-23(34-14-6-5-7-15-34)22(4-2)32-25(17-12-13-17)27-21(31)16-20(30)26(33-27)24-18(28)10-8-11-19(24)29;2*1-2/h3-4,8-11,16,32H,2,5-7,12-15,31H2,1H3;1-2H3;1H/b9-3-,23-22-;;. The van der Waals surface area contributed by atoms with Crippen molar-refractivity contribution in [3.8, 4) is 17.8 Å². The maximum absolute atomic E-state index is 14.8. The smallest absolute Gasteiger partial charge is 0.151 e. The number of rotatable bonds is 7. The van der Waals surface area contributed by atoms with Gasteiger partial charge < -0.3 is 16.0 Å². The van der Waals surface area contributed by atoms with Gasteiger partial charge in [-0.15, -0.1) is 0 Å². The minimum Gasteiger partial charge on any atom is -0.397 e. The number of nitrogens with one attached hydrogen (secondary N) is 1. The van der Waals surface area contributed by atoms with Gasteiger partial charge in [0.15, 0.2) is 5.82 Å². The average Bonchev–Trinajstić information content (AvgIpc) is 3.78. The number of halogens is 3. The number of pyridine rings is 1. The number of anilines is 1. The van der Waals surface area contributed by atoms with E-state index >= 15 is 0 Å². The summed E-state index contributed by atoms with van der Waals surface area (Å²) >= 11 is 0. The third-order valence-corrected chi connectivity index (χ3v) is 6.06. The van der Waals surface area contributed by atoms with E-state index in [2.05, 4.69) is 28.4 Å². The van der Waals surface area contributed by atoms with E-state index in [4.69, 9.17) is 11.0 Å². The maximum Gasteiger partial charge on any atom is 0.151 e. The molecule has 0 radical (unpaired) electrons. The number of nitrogen functional groups attached to an aromatic ring is 1. The third-order valence-electron chi connectivity index (χ3n) is 6.06. The van der Waals surface area contributed by atoms with Crippen LogP contribution < -0.4 is 11.1 Å². The summed E-state index contributed by atoms with van der Waals surface area (Å²) in [6, 6.07) is 4.46. The number of aromatic nitrogens is 1. The second-order valence-corrected chi connectivity index (χ2v) is 8.51. The lowest BCUT2D eigenvalue weighted by atomic mass is 10.1. The van der Waals surface area contributed by atoms with Gasteiger partial charge in [0.2, 0.25) is 0 Å². The van der Waals surface area contributed by atoms with Crippen LogP contribution in [-0.2, 0) is 0 Å². The predicted molar refractivity (Wildman–Crippen MR) is 149 cm³/mol. The van der Waals surface area contributed by atoms with E-state index in [1.807, 2.05) is 32.9 Å². The van der Waals surface area contributed by atoms with Crippen molar-refractivity contribution < 1.29 is 13.2 Å². The van der Waals surface area contributed by atoms with E-state index in [9.17, 15) is 13.2 Å². The molecule has 4 rings (SSSR count). The molecule has 8 heteroatoms. The minimum atomic E-state index is -0.886. The van der Waals surface area contributed by atoms with Gasteiger partial charge in [-0.05, 0) is 68.9 Å². The van der Waals surface area contributed by atoms with E-state index in [-0.39, 0.29) is 11.4 Å². The summed E-state index contributed by atoms with van der Waals surface area (Å²) in [4.78, 5) is 6.65. The fourth-order valence-corrected chi connectivity index (χ4v) is 4.24. The number of benzene rings is 1. The van der Waals surface area contributed by atoms with E-state index in [0.29, 0.717) is 5.70 Å². The summed E-state index contributed by atoms with van der Waals surface area (Å²) in [5.41, 5.74) is 9.08. The van der Waals surface area contributed by atoms with Crippen molar-refractivity contribution in [1.29, 1.82) is 5.26 Å². The summed E-state index contributed by atoms with van der Waals surface area (Å²) in [5.74, 6) is -2.65. The first-order chi connectivity index (χ1) is 18.4. The largest absolute Gasteiger partial charge is 0.397 e. The molecule has 202 valence electrons. The Bertz CT molecular complexity index is 1210. The van der Waals surface area contributed by atoms with Gasteiger partial charge in [0.1, 0.15) is 23.0 Å². The molecule has 2 heterocycles. The lowest BCUT2D eigenvalue weighted by Crippen LogP contribution is -2.31. The lowest BCUT2D eigenvalue weighted by Gasteiger charge is -2.31. The zero-order valence-corrected chi connectivity index (χ0v) is 22.3. The van der Waals surface area contributed by atoms with Crippen molar-refractivity contribution >= 4 is 11.4 Å². The monoisotopic (exact) mass is 523 g/mol. The molecule has 1 aromatic heterocycles. The number of allylic oxidation sites excluding steroid dienone is 4. The molecule has 3 N–H and O–H groups in total. The number of nitrogens with two attached hydrogens (primary N) is 1. The van der Waals surface area contributed by atoms with Crippen LogP contribution in [0.1, 0.15) is 58.6 Å². The second kappa shape index (κ2) is 14.7. The predicted octanol–water partition coefficient (Wildman–Crippen LogP) is 7.47. The highest BCUT2D eigenvalue weighted by molar-refractivity contribution is 5.79. The summed E-state index contributed by atoms with van der Waals surface area (Å²) in [5, 5.41) is 9.93. The Balaban J connectivity index is 0.00000121. The summed E-state index contributed by atoms with van der Waals surface area (Å²) < 4.78 is 43.7. The zero-order valence-electron chi connectivity index (χ0n) is 22.3. The Kier molecular flexibility index (Phi) is 11.7. The number of nitrogens with zero attached hydrogens (tertiary/aromatic N) is 3. The molecule has 0 atom stereocenters. The molecule has 0 amide bonds. The number of nitriles is 1. The molecule has 0 bridgehead atoms. The van der Waals surface area contributed by atoms with Gasteiger partial charge in [0.05, 0.1) is 28.3 Å². The van der Waals surface area contributed by atoms with Gasteiger partial charge in [0, 0.05) is 25.7 Å². The van der Waals surface area contributed by atoms with Gasteiger partial charge in [-0.1, -0.05) is 32.6 Å². The van der Waals surface area contributed by atoms with E-state index in [1.54, 1.807) is 6.08 Å². The molecule has 2 fully saturated rings. The molecule has 5 nitrogen and oxygen atoms in total. The normalized spacial score (nSPS) is 14.9. The van der Waals surface area contributed by atoms with Crippen LogP contribution in [0.25, 0.3) is 17.0 Å². The molecule has 38 heavy (non-hydrogen) atoms. The molecule has 0 unspecified atom stereocenters. The van der Waals surface area contributed by atoms with Crippen LogP contribution in [-0.4, -0.2) is 23.0 Å². The average molecular weight is 524 g/mol. The molecule has 2 aromatic rings. The van der Waals surface area contributed by atoms with Crippen LogP contribution >= 0.6 is 0 Å². The van der Waals surface area contributed by atoms with Crippen molar-refractivity contribution in [3.05, 3.63) is 89.2 Å². The quantitative estimate of drug-likeness (QED) is 0.368. The third kappa shape index (κ3) is 7.06. The molecule has 1 aromatic carbocycles. The highest BCUT2D eigenvalue weighted by Crippen LogP contribution is 2.39. The van der Waals surface area contributed by atoms with Crippen LogP contribution in [0.2, 0.25) is 0 Å². The van der Waals surface area contributed by atoms with Crippen molar-refractivity contribution in [2.75, 3.05) is 18.8 Å². The molecular formula is C30H36F3N5. The molecular weight excluding hydrogens is 487 g/mol. The Morgan fingerprint density at radius 1 is 1.08 bits per heavy atom. The van der Waals surface area contributed by atoms with E-state index in [0.717, 1.165) is 73.9 Å². The number of hydrogen-bond acceptors (Lipinski definition) is 5. The van der Waals surface area contributed by atoms with Crippen LogP contribution in [0, 0.1) is 29.3 Å². The molecule has 2 aliphatic rings. The fourth-order valence-electron chi connectivity index (χ4n) is 4.24. The van der Waals surface area contributed by atoms with Crippen LogP contribution in [0.15, 0.2) is 66.0 Å². The number of likely N-dealkylation sites (tertiary alicyclic amines) is 1. The molecule has 1 saturated heterocycles. The summed E-state index contributed by atoms with van der Waals surface area (Å²) in [6.45, 7) is 15.3. The first kappa shape index (κ1) is 30.2. The highest BCUT2D eigenvalue weighted by Gasteiger charge is 2.26. The lowest BCUT2D eigenvalue weighted by molar-refractivity contribution is 0.290. The van der Waals surface area contributed by atoms with E-state index < -0.39 is 28.7 Å². The molecule has 1 aliphatic heterocycles. The van der Waals surface area contributed by atoms with E-state index in [1.165, 1.54) is 12.5 Å².